The summed E-state index contributed by atoms with van der Waals surface area (Å²) in [5.74, 6) is -1.06. The highest BCUT2D eigenvalue weighted by molar-refractivity contribution is 6.46. The maximum atomic E-state index is 13.0. The van der Waals surface area contributed by atoms with Gasteiger partial charge in [-0.1, -0.05) is 17.7 Å². The number of benzene rings is 2. The molecule has 8 heteroatoms. The molecule has 2 aliphatic heterocycles. The topological polar surface area (TPSA) is 96.3 Å². The van der Waals surface area contributed by atoms with E-state index in [9.17, 15) is 19.8 Å². The Bertz CT molecular complexity index is 1100. The standard InChI is InChI=1S/C24H24ClNO6/c1-31-10-3-9-26-21(15-5-7-18(27)17(25)13-15)20(23(29)24(26)30)22(28)16-6-8-19-14(12-16)4-2-11-32-19/h5-8,12-13,21,27-28H,2-4,9-11H2,1H3/b22-20-. The van der Waals surface area contributed by atoms with Crippen molar-refractivity contribution in [1.29, 1.82) is 0 Å². The van der Waals surface area contributed by atoms with Crippen LogP contribution in [-0.2, 0) is 20.7 Å². The Morgan fingerprint density at radius 3 is 2.81 bits per heavy atom. The summed E-state index contributed by atoms with van der Waals surface area (Å²) in [6, 6.07) is 8.91. The van der Waals surface area contributed by atoms with Crippen LogP contribution in [0.1, 0.15) is 35.6 Å². The molecule has 2 heterocycles. The number of phenols is 1. The Morgan fingerprint density at radius 1 is 1.25 bits per heavy atom. The van der Waals surface area contributed by atoms with Crippen molar-refractivity contribution in [3.8, 4) is 11.5 Å². The number of methoxy groups -OCH3 is 1. The van der Waals surface area contributed by atoms with Crippen LogP contribution in [0.4, 0.5) is 0 Å². The molecular formula is C24H24ClNO6. The lowest BCUT2D eigenvalue weighted by Crippen LogP contribution is -2.31. The van der Waals surface area contributed by atoms with Gasteiger partial charge >= 0.3 is 0 Å². The number of hydrogen-bond donors (Lipinski definition) is 2. The summed E-state index contributed by atoms with van der Waals surface area (Å²) in [5.41, 5.74) is 1.90. The molecular weight excluding hydrogens is 434 g/mol. The highest BCUT2D eigenvalue weighted by Gasteiger charge is 2.46. The Hall–Kier alpha value is -3.03. The number of hydrogen-bond acceptors (Lipinski definition) is 6. The number of amides is 1. The first kappa shape index (κ1) is 22.2. The second-order valence-electron chi connectivity index (χ2n) is 7.82. The van der Waals surface area contributed by atoms with Crippen LogP contribution in [0.25, 0.3) is 5.76 Å². The second kappa shape index (κ2) is 9.22. The predicted molar refractivity (Wildman–Crippen MR) is 119 cm³/mol. The van der Waals surface area contributed by atoms with E-state index in [1.54, 1.807) is 31.4 Å². The first-order chi connectivity index (χ1) is 15.4. The lowest BCUT2D eigenvalue weighted by molar-refractivity contribution is -0.140. The molecule has 0 radical (unpaired) electrons. The fourth-order valence-electron chi connectivity index (χ4n) is 4.19. The van der Waals surface area contributed by atoms with Gasteiger partial charge in [-0.3, -0.25) is 9.59 Å². The number of carbonyl (C=O) groups excluding carboxylic acids is 2. The highest BCUT2D eigenvalue weighted by Crippen LogP contribution is 2.41. The average Bonchev–Trinajstić information content (AvgIpc) is 3.05. The van der Waals surface area contributed by atoms with Gasteiger partial charge in [0.05, 0.1) is 23.2 Å². The number of ether oxygens (including phenoxy) is 2. The van der Waals surface area contributed by atoms with Crippen molar-refractivity contribution in [3.63, 3.8) is 0 Å². The Kier molecular flexibility index (Phi) is 6.39. The summed E-state index contributed by atoms with van der Waals surface area (Å²) in [7, 11) is 1.56. The maximum absolute atomic E-state index is 13.0. The van der Waals surface area contributed by atoms with Gasteiger partial charge in [-0.2, -0.15) is 0 Å². The zero-order valence-electron chi connectivity index (χ0n) is 17.6. The van der Waals surface area contributed by atoms with Crippen molar-refractivity contribution >= 4 is 29.1 Å². The first-order valence-electron chi connectivity index (χ1n) is 10.4. The summed E-state index contributed by atoms with van der Waals surface area (Å²) in [6.07, 6.45) is 2.19. The summed E-state index contributed by atoms with van der Waals surface area (Å²) in [6.45, 7) is 1.32. The largest absolute Gasteiger partial charge is 0.507 e. The van der Waals surface area contributed by atoms with Crippen LogP contribution in [0, 0.1) is 0 Å². The molecule has 1 amide bonds. The molecule has 1 saturated heterocycles. The monoisotopic (exact) mass is 457 g/mol. The molecule has 0 aromatic heterocycles. The lowest BCUT2D eigenvalue weighted by Gasteiger charge is -2.25. The van der Waals surface area contributed by atoms with Gasteiger partial charge in [-0.05, 0) is 60.7 Å². The number of phenolic OH excluding ortho intramolecular Hbond substituents is 1. The zero-order chi connectivity index (χ0) is 22.8. The molecule has 168 valence electrons. The number of carbonyl (C=O) groups is 2. The normalized spacial score (nSPS) is 19.7. The molecule has 32 heavy (non-hydrogen) atoms. The van der Waals surface area contributed by atoms with Gasteiger partial charge in [0, 0.05) is 25.8 Å². The number of rotatable bonds is 6. The Morgan fingerprint density at radius 2 is 2.06 bits per heavy atom. The number of fused-ring (bicyclic) bond motifs is 1. The van der Waals surface area contributed by atoms with Crippen LogP contribution < -0.4 is 4.74 Å². The van der Waals surface area contributed by atoms with Gasteiger partial charge in [0.2, 0.25) is 0 Å². The first-order valence-corrected chi connectivity index (χ1v) is 10.8. The van der Waals surface area contributed by atoms with E-state index in [1.165, 1.54) is 17.0 Å². The van der Waals surface area contributed by atoms with Crippen molar-refractivity contribution < 1.29 is 29.3 Å². The second-order valence-corrected chi connectivity index (χ2v) is 8.23. The fourth-order valence-corrected chi connectivity index (χ4v) is 4.38. The average molecular weight is 458 g/mol. The van der Waals surface area contributed by atoms with E-state index in [1.807, 2.05) is 0 Å². The number of likely N-dealkylation sites (tertiary alicyclic amines) is 1. The molecule has 2 N–H and O–H groups in total. The maximum Gasteiger partial charge on any atom is 0.295 e. The summed E-state index contributed by atoms with van der Waals surface area (Å²) in [5, 5.41) is 21.1. The van der Waals surface area contributed by atoms with Gasteiger partial charge in [0.15, 0.2) is 0 Å². The summed E-state index contributed by atoms with van der Waals surface area (Å²) in [4.78, 5) is 27.4. The number of Topliss-reactive ketones (excluding diaryl/α,β-unsaturated/α-hetero) is 1. The van der Waals surface area contributed by atoms with Gasteiger partial charge in [0.1, 0.15) is 17.3 Å². The number of aryl methyl sites for hydroxylation is 1. The zero-order valence-corrected chi connectivity index (χ0v) is 18.4. The van der Waals surface area contributed by atoms with Crippen molar-refractivity contribution in [2.75, 3.05) is 26.9 Å². The van der Waals surface area contributed by atoms with E-state index < -0.39 is 17.7 Å². The summed E-state index contributed by atoms with van der Waals surface area (Å²) >= 11 is 6.11. The van der Waals surface area contributed by atoms with Gasteiger partial charge < -0.3 is 24.6 Å². The molecule has 0 aliphatic carbocycles. The molecule has 7 nitrogen and oxygen atoms in total. The minimum absolute atomic E-state index is 0.00847. The van der Waals surface area contributed by atoms with Gasteiger partial charge in [-0.25, -0.2) is 0 Å². The smallest absolute Gasteiger partial charge is 0.295 e. The summed E-state index contributed by atoms with van der Waals surface area (Å²) < 4.78 is 10.7. The number of aliphatic hydroxyl groups excluding tert-OH is 1. The van der Waals surface area contributed by atoms with Crippen molar-refractivity contribution in [1.82, 2.24) is 4.90 Å². The number of aliphatic hydroxyl groups is 1. The minimum Gasteiger partial charge on any atom is -0.507 e. The van der Waals surface area contributed by atoms with Crippen LogP contribution in [0.15, 0.2) is 42.0 Å². The lowest BCUT2D eigenvalue weighted by atomic mass is 9.94. The molecule has 1 fully saturated rings. The quantitative estimate of drug-likeness (QED) is 0.296. The van der Waals surface area contributed by atoms with Crippen molar-refractivity contribution in [2.24, 2.45) is 0 Å². The van der Waals surface area contributed by atoms with Crippen molar-refractivity contribution in [2.45, 2.75) is 25.3 Å². The Balaban J connectivity index is 1.82. The molecule has 2 aliphatic rings. The molecule has 0 spiro atoms. The molecule has 1 atom stereocenters. The van der Waals surface area contributed by atoms with Crippen LogP contribution in [-0.4, -0.2) is 53.7 Å². The van der Waals surface area contributed by atoms with E-state index in [0.717, 1.165) is 24.2 Å². The SMILES string of the molecule is COCCCN1C(=O)C(=O)/C(=C(\O)c2ccc3c(c2)CCCO3)C1c1ccc(O)c(Cl)c1. The molecule has 0 bridgehead atoms. The number of nitrogens with zero attached hydrogens (tertiary/aromatic N) is 1. The van der Waals surface area contributed by atoms with Crippen LogP contribution in [0.3, 0.4) is 0 Å². The number of aromatic hydroxyl groups is 1. The number of ketones is 1. The third kappa shape index (κ3) is 4.06. The van der Waals surface area contributed by atoms with E-state index in [0.29, 0.717) is 30.8 Å². The van der Waals surface area contributed by atoms with Gasteiger partial charge in [-0.15, -0.1) is 0 Å². The molecule has 2 aromatic rings. The number of halogens is 1. The molecule has 1 unspecified atom stereocenters. The molecule has 0 saturated carbocycles. The van der Waals surface area contributed by atoms with E-state index in [-0.39, 0.29) is 28.6 Å². The predicted octanol–water partition coefficient (Wildman–Crippen LogP) is 3.83. The van der Waals surface area contributed by atoms with Crippen LogP contribution in [0.5, 0.6) is 11.5 Å². The van der Waals surface area contributed by atoms with Crippen molar-refractivity contribution in [3.05, 3.63) is 63.7 Å². The Labute approximate surface area is 190 Å². The highest BCUT2D eigenvalue weighted by atomic mass is 35.5. The van der Waals surface area contributed by atoms with E-state index >= 15 is 0 Å². The van der Waals surface area contributed by atoms with E-state index in [2.05, 4.69) is 0 Å². The fraction of sp³-hybridized carbons (Fsp3) is 0.333. The molecule has 4 rings (SSSR count). The van der Waals surface area contributed by atoms with Gasteiger partial charge in [0.25, 0.3) is 11.7 Å². The minimum atomic E-state index is -0.836. The van der Waals surface area contributed by atoms with Crippen LogP contribution >= 0.6 is 11.6 Å². The van der Waals surface area contributed by atoms with Crippen LogP contribution in [0.2, 0.25) is 5.02 Å². The third-order valence-electron chi connectivity index (χ3n) is 5.76. The van der Waals surface area contributed by atoms with E-state index in [4.69, 9.17) is 21.1 Å². The third-order valence-corrected chi connectivity index (χ3v) is 6.06. The molecule has 2 aromatic carbocycles.